The molecule has 7 heteroatoms. The van der Waals surface area contributed by atoms with E-state index in [2.05, 4.69) is 15.8 Å². The first-order chi connectivity index (χ1) is 10.5. The molecule has 0 aromatic heterocycles. The molecule has 2 aromatic carbocycles. The zero-order valence-electron chi connectivity index (χ0n) is 11.8. The number of thiocarbonyl (C=S) groups is 1. The second-order valence-electron chi connectivity index (χ2n) is 4.54. The lowest BCUT2D eigenvalue weighted by Crippen LogP contribution is -2.23. The zero-order chi connectivity index (χ0) is 15.9. The first-order valence-electron chi connectivity index (χ1n) is 6.46. The number of nitro groups is 1. The van der Waals surface area contributed by atoms with Crippen LogP contribution in [0.5, 0.6) is 0 Å². The van der Waals surface area contributed by atoms with Gasteiger partial charge in [-0.25, -0.2) is 0 Å². The monoisotopic (exact) mass is 314 g/mol. The number of hydrogen-bond acceptors (Lipinski definition) is 4. The van der Waals surface area contributed by atoms with Crippen molar-refractivity contribution in [3.8, 4) is 0 Å². The van der Waals surface area contributed by atoms with Gasteiger partial charge in [0.1, 0.15) is 0 Å². The molecule has 0 amide bonds. The fraction of sp³-hybridized carbons (Fsp3) is 0.0667. The Balaban J connectivity index is 1.87. The van der Waals surface area contributed by atoms with Crippen LogP contribution in [0.15, 0.2) is 53.6 Å². The van der Waals surface area contributed by atoms with Gasteiger partial charge in [0, 0.05) is 17.8 Å². The summed E-state index contributed by atoms with van der Waals surface area (Å²) in [5.74, 6) is 0. The fourth-order valence-corrected chi connectivity index (χ4v) is 1.81. The molecule has 0 saturated heterocycles. The molecule has 112 valence electrons. The van der Waals surface area contributed by atoms with Crippen LogP contribution in [0.4, 0.5) is 11.4 Å². The highest BCUT2D eigenvalue weighted by Crippen LogP contribution is 2.10. The SMILES string of the molecule is Cc1ccc(NC(=S)N/N=C\c2ccc([N+](=O)[O-])cc2)cc1. The number of benzene rings is 2. The van der Waals surface area contributed by atoms with Gasteiger partial charge in [-0.05, 0) is 49.0 Å². The molecular formula is C15H14N4O2S. The lowest BCUT2D eigenvalue weighted by atomic mass is 10.2. The van der Waals surface area contributed by atoms with Crippen molar-refractivity contribution in [3.63, 3.8) is 0 Å². The molecule has 0 unspecified atom stereocenters. The van der Waals surface area contributed by atoms with Gasteiger partial charge in [-0.1, -0.05) is 17.7 Å². The average Bonchev–Trinajstić information content (AvgIpc) is 2.50. The van der Waals surface area contributed by atoms with Crippen LogP contribution >= 0.6 is 12.2 Å². The van der Waals surface area contributed by atoms with Crippen LogP contribution in [-0.2, 0) is 0 Å². The van der Waals surface area contributed by atoms with Crippen LogP contribution in [0, 0.1) is 17.0 Å². The predicted molar refractivity (Wildman–Crippen MR) is 91.2 cm³/mol. The highest BCUT2D eigenvalue weighted by Gasteiger charge is 2.02. The number of hydrogen-bond donors (Lipinski definition) is 2. The standard InChI is InChI=1S/C15H14N4O2S/c1-11-2-6-13(7-3-11)17-15(22)18-16-10-12-4-8-14(9-5-12)19(20)21/h2-10H,1H3,(H2,17,18,22)/b16-10-. The summed E-state index contributed by atoms with van der Waals surface area (Å²) in [4.78, 5) is 10.1. The van der Waals surface area contributed by atoms with Gasteiger partial charge in [-0.2, -0.15) is 5.10 Å². The molecule has 2 rings (SSSR count). The Labute approximate surface area is 133 Å². The van der Waals surface area contributed by atoms with Crippen molar-refractivity contribution in [1.82, 2.24) is 5.43 Å². The lowest BCUT2D eigenvalue weighted by molar-refractivity contribution is -0.384. The topological polar surface area (TPSA) is 79.6 Å². The summed E-state index contributed by atoms with van der Waals surface area (Å²) >= 11 is 5.11. The van der Waals surface area contributed by atoms with E-state index in [1.165, 1.54) is 23.9 Å². The minimum absolute atomic E-state index is 0.0432. The molecule has 2 aromatic rings. The van der Waals surface area contributed by atoms with Crippen LogP contribution in [-0.4, -0.2) is 16.3 Å². The Morgan fingerprint density at radius 1 is 1.18 bits per heavy atom. The summed E-state index contributed by atoms with van der Waals surface area (Å²) in [6.07, 6.45) is 1.53. The number of nitrogens with zero attached hydrogens (tertiary/aromatic N) is 2. The van der Waals surface area contributed by atoms with Crippen LogP contribution in [0.25, 0.3) is 0 Å². The fourth-order valence-electron chi connectivity index (χ4n) is 1.64. The Hall–Kier alpha value is -2.80. The summed E-state index contributed by atoms with van der Waals surface area (Å²) in [5, 5.41) is 17.9. The normalized spacial score (nSPS) is 10.4. The van der Waals surface area contributed by atoms with Crippen molar-refractivity contribution in [3.05, 3.63) is 69.8 Å². The molecule has 0 fully saturated rings. The molecule has 0 aliphatic heterocycles. The van der Waals surface area contributed by atoms with Gasteiger partial charge in [0.25, 0.3) is 5.69 Å². The van der Waals surface area contributed by atoms with Crippen molar-refractivity contribution in [2.75, 3.05) is 5.32 Å². The number of aryl methyl sites for hydroxylation is 1. The van der Waals surface area contributed by atoms with E-state index in [0.29, 0.717) is 5.11 Å². The van der Waals surface area contributed by atoms with E-state index in [9.17, 15) is 10.1 Å². The first kappa shape index (κ1) is 15.6. The van der Waals surface area contributed by atoms with E-state index in [4.69, 9.17) is 12.2 Å². The number of nitrogens with one attached hydrogen (secondary N) is 2. The third-order valence-corrected chi connectivity index (χ3v) is 2.99. The smallest absolute Gasteiger partial charge is 0.269 e. The molecule has 0 aliphatic carbocycles. The lowest BCUT2D eigenvalue weighted by Gasteiger charge is -2.06. The maximum atomic E-state index is 10.5. The predicted octanol–water partition coefficient (Wildman–Crippen LogP) is 3.22. The molecule has 0 aliphatic rings. The summed E-state index contributed by atoms with van der Waals surface area (Å²) in [6.45, 7) is 2.01. The number of nitro benzene ring substituents is 1. The molecule has 2 N–H and O–H groups in total. The number of non-ortho nitro benzene ring substituents is 1. The average molecular weight is 314 g/mol. The number of anilines is 1. The molecule has 0 saturated carbocycles. The van der Waals surface area contributed by atoms with Crippen molar-refractivity contribution in [2.24, 2.45) is 5.10 Å². The maximum Gasteiger partial charge on any atom is 0.269 e. The molecule has 0 radical (unpaired) electrons. The third-order valence-electron chi connectivity index (χ3n) is 2.79. The second-order valence-corrected chi connectivity index (χ2v) is 4.95. The minimum Gasteiger partial charge on any atom is -0.331 e. The van der Waals surface area contributed by atoms with Crippen molar-refractivity contribution < 1.29 is 4.92 Å². The molecule has 6 nitrogen and oxygen atoms in total. The van der Waals surface area contributed by atoms with Crippen molar-refractivity contribution in [2.45, 2.75) is 6.92 Å². The first-order valence-corrected chi connectivity index (χ1v) is 6.86. The Morgan fingerprint density at radius 2 is 1.82 bits per heavy atom. The summed E-state index contributed by atoms with van der Waals surface area (Å²) < 4.78 is 0. The summed E-state index contributed by atoms with van der Waals surface area (Å²) in [6, 6.07) is 13.9. The minimum atomic E-state index is -0.445. The van der Waals surface area contributed by atoms with Gasteiger partial charge < -0.3 is 5.32 Å². The van der Waals surface area contributed by atoms with Crippen LogP contribution in [0.3, 0.4) is 0 Å². The zero-order valence-corrected chi connectivity index (χ0v) is 12.6. The van der Waals surface area contributed by atoms with E-state index in [-0.39, 0.29) is 5.69 Å². The summed E-state index contributed by atoms with van der Waals surface area (Å²) in [7, 11) is 0. The van der Waals surface area contributed by atoms with E-state index in [1.807, 2.05) is 31.2 Å². The Bertz CT molecular complexity index is 696. The Kier molecular flexibility index (Phi) is 5.16. The van der Waals surface area contributed by atoms with Gasteiger partial charge in [-0.3, -0.25) is 15.5 Å². The molecular weight excluding hydrogens is 300 g/mol. The van der Waals surface area contributed by atoms with E-state index < -0.39 is 4.92 Å². The largest absolute Gasteiger partial charge is 0.331 e. The van der Waals surface area contributed by atoms with Crippen molar-refractivity contribution in [1.29, 1.82) is 0 Å². The van der Waals surface area contributed by atoms with Gasteiger partial charge in [0.15, 0.2) is 5.11 Å². The second kappa shape index (κ2) is 7.28. The highest BCUT2D eigenvalue weighted by atomic mass is 32.1. The highest BCUT2D eigenvalue weighted by molar-refractivity contribution is 7.80. The molecule has 0 spiro atoms. The van der Waals surface area contributed by atoms with Gasteiger partial charge in [0.2, 0.25) is 0 Å². The third kappa shape index (κ3) is 4.64. The van der Waals surface area contributed by atoms with E-state index in [1.54, 1.807) is 12.1 Å². The van der Waals surface area contributed by atoms with Crippen LogP contribution in [0.1, 0.15) is 11.1 Å². The molecule has 0 bridgehead atoms. The van der Waals surface area contributed by atoms with Crippen LogP contribution < -0.4 is 10.7 Å². The Morgan fingerprint density at radius 3 is 2.41 bits per heavy atom. The van der Waals surface area contributed by atoms with E-state index >= 15 is 0 Å². The molecule has 0 atom stereocenters. The summed E-state index contributed by atoms with van der Waals surface area (Å²) in [5.41, 5.74) is 5.50. The van der Waals surface area contributed by atoms with Gasteiger partial charge in [-0.15, -0.1) is 0 Å². The van der Waals surface area contributed by atoms with Gasteiger partial charge >= 0.3 is 0 Å². The number of rotatable bonds is 4. The van der Waals surface area contributed by atoms with E-state index in [0.717, 1.165) is 11.3 Å². The molecule has 22 heavy (non-hydrogen) atoms. The maximum absolute atomic E-state index is 10.5. The van der Waals surface area contributed by atoms with Crippen LogP contribution in [0.2, 0.25) is 0 Å². The van der Waals surface area contributed by atoms with Gasteiger partial charge in [0.05, 0.1) is 11.1 Å². The molecule has 0 heterocycles. The van der Waals surface area contributed by atoms with Crippen molar-refractivity contribution >= 4 is 34.9 Å². The quantitative estimate of drug-likeness (QED) is 0.392. The number of hydrazone groups is 1.